The first-order chi connectivity index (χ1) is 17.3. The summed E-state index contributed by atoms with van der Waals surface area (Å²) >= 11 is 13.2. The monoisotopic (exact) mass is 556 g/mol. The lowest BCUT2D eigenvalue weighted by Crippen LogP contribution is -2.45. The molecule has 1 aliphatic heterocycles. The molecule has 2 heterocycles. The number of nitrogens with zero attached hydrogens (tertiary/aromatic N) is 2. The molecule has 0 spiro atoms. The van der Waals surface area contributed by atoms with Crippen molar-refractivity contribution in [2.45, 2.75) is 33.1 Å². The van der Waals surface area contributed by atoms with Gasteiger partial charge in [-0.25, -0.2) is 0 Å². The lowest BCUT2D eigenvalue weighted by Gasteiger charge is -2.35. The lowest BCUT2D eigenvalue weighted by atomic mass is 9.86. The van der Waals surface area contributed by atoms with Gasteiger partial charge in [0.1, 0.15) is 5.75 Å². The van der Waals surface area contributed by atoms with Crippen LogP contribution >= 0.6 is 23.2 Å². The van der Waals surface area contributed by atoms with E-state index in [2.05, 4.69) is 4.74 Å². The lowest BCUT2D eigenvalue weighted by molar-refractivity contribution is -0.274. The first-order valence-corrected chi connectivity index (χ1v) is 12.4. The number of ether oxygens (including phenoxy) is 1. The Bertz CT molecular complexity index is 1390. The number of amides is 1. The fraction of sp³-hybridized carbons (Fsp3) is 0.385. The van der Waals surface area contributed by atoms with Gasteiger partial charge in [0, 0.05) is 48.7 Å². The summed E-state index contributed by atoms with van der Waals surface area (Å²) in [5, 5.41) is 10.7. The van der Waals surface area contributed by atoms with Crippen molar-refractivity contribution in [1.82, 2.24) is 9.47 Å². The number of aliphatic carboxylic acids is 1. The molecule has 1 aromatic heterocycles. The molecule has 0 bridgehead atoms. The average Bonchev–Trinajstić information content (AvgIpc) is 3.10. The number of carboxylic acids is 1. The predicted octanol–water partition coefficient (Wildman–Crippen LogP) is 6.47. The summed E-state index contributed by atoms with van der Waals surface area (Å²) in [6, 6.07) is 7.64. The summed E-state index contributed by atoms with van der Waals surface area (Å²) in [6.45, 7) is 4.11. The number of aryl methyl sites for hydroxylation is 2. The van der Waals surface area contributed by atoms with E-state index in [4.69, 9.17) is 23.2 Å². The number of fused-ring (bicyclic) bond motifs is 1. The van der Waals surface area contributed by atoms with E-state index in [1.165, 1.54) is 12.1 Å². The summed E-state index contributed by atoms with van der Waals surface area (Å²) in [5.41, 5.74) is 2.66. The van der Waals surface area contributed by atoms with Crippen molar-refractivity contribution in [3.8, 4) is 5.75 Å². The standard InChI is InChI=1S/C26H25Cl2F3N2O4/c1-13-8-16(37-26(29,30)31)11-22-19(13)9-15(32(22)3)10-20-21(27)5-4-18(23(20)28)24(34)33-7-6-17(25(35)36)14(2)12-33/h4-5,8-9,11,14,17H,6-7,10,12H2,1-3H3,(H,35,36)/t14-,17?/m1/s1. The zero-order valence-electron chi connectivity index (χ0n) is 20.3. The van der Waals surface area contributed by atoms with Crippen molar-refractivity contribution < 1.29 is 32.6 Å². The molecule has 6 nitrogen and oxygen atoms in total. The van der Waals surface area contributed by atoms with Gasteiger partial charge < -0.3 is 19.3 Å². The third-order valence-electron chi connectivity index (χ3n) is 6.96. The Balaban J connectivity index is 1.64. The van der Waals surface area contributed by atoms with Crippen molar-refractivity contribution in [3.63, 3.8) is 0 Å². The van der Waals surface area contributed by atoms with Crippen LogP contribution in [0.3, 0.4) is 0 Å². The third-order valence-corrected chi connectivity index (χ3v) is 7.75. The normalized spacial score (nSPS) is 18.3. The third kappa shape index (κ3) is 5.52. The van der Waals surface area contributed by atoms with Crippen LogP contribution in [0.4, 0.5) is 13.2 Å². The number of hydrogen-bond acceptors (Lipinski definition) is 3. The smallest absolute Gasteiger partial charge is 0.481 e. The molecule has 2 aromatic carbocycles. The topological polar surface area (TPSA) is 71.8 Å². The maximum atomic E-state index is 13.3. The molecule has 1 aliphatic rings. The molecule has 0 saturated carbocycles. The number of piperidine rings is 1. The van der Waals surface area contributed by atoms with E-state index < -0.39 is 18.2 Å². The molecule has 37 heavy (non-hydrogen) atoms. The zero-order valence-corrected chi connectivity index (χ0v) is 21.8. The molecule has 11 heteroatoms. The van der Waals surface area contributed by atoms with Crippen LogP contribution in [0.25, 0.3) is 10.9 Å². The molecule has 1 fully saturated rings. The summed E-state index contributed by atoms with van der Waals surface area (Å²) < 4.78 is 44.1. The van der Waals surface area contributed by atoms with Crippen molar-refractivity contribution in [2.75, 3.05) is 13.1 Å². The van der Waals surface area contributed by atoms with Gasteiger partial charge in [-0.15, -0.1) is 13.2 Å². The van der Waals surface area contributed by atoms with E-state index in [1.54, 1.807) is 42.5 Å². The van der Waals surface area contributed by atoms with E-state index in [9.17, 15) is 27.9 Å². The van der Waals surface area contributed by atoms with Crippen LogP contribution in [-0.2, 0) is 18.3 Å². The van der Waals surface area contributed by atoms with Crippen LogP contribution in [-0.4, -0.2) is 45.9 Å². The van der Waals surface area contributed by atoms with Crippen LogP contribution in [0.1, 0.15) is 40.5 Å². The minimum Gasteiger partial charge on any atom is -0.481 e. The second kappa shape index (κ2) is 10.1. The highest BCUT2D eigenvalue weighted by molar-refractivity contribution is 6.38. The van der Waals surface area contributed by atoms with Crippen LogP contribution in [0, 0.1) is 18.8 Å². The van der Waals surface area contributed by atoms with Gasteiger partial charge in [0.05, 0.1) is 22.0 Å². The van der Waals surface area contributed by atoms with E-state index >= 15 is 0 Å². The van der Waals surface area contributed by atoms with Crippen LogP contribution in [0.15, 0.2) is 30.3 Å². The van der Waals surface area contributed by atoms with Gasteiger partial charge in [-0.05, 0) is 54.7 Å². The number of carboxylic acid groups (broad SMARTS) is 1. The predicted molar refractivity (Wildman–Crippen MR) is 134 cm³/mol. The van der Waals surface area contributed by atoms with Gasteiger partial charge in [0.15, 0.2) is 0 Å². The number of carbonyl (C=O) groups excluding carboxylic acids is 1. The Morgan fingerprint density at radius 3 is 2.51 bits per heavy atom. The number of halogens is 5. The molecule has 1 unspecified atom stereocenters. The highest BCUT2D eigenvalue weighted by Crippen LogP contribution is 2.35. The molecule has 198 valence electrons. The maximum absolute atomic E-state index is 13.3. The Hall–Kier alpha value is -2.91. The fourth-order valence-corrected chi connectivity index (χ4v) is 5.55. The van der Waals surface area contributed by atoms with Gasteiger partial charge in [0.2, 0.25) is 0 Å². The van der Waals surface area contributed by atoms with Gasteiger partial charge in [-0.3, -0.25) is 9.59 Å². The number of benzene rings is 2. The molecule has 4 rings (SSSR count). The maximum Gasteiger partial charge on any atom is 0.573 e. The van der Waals surface area contributed by atoms with E-state index in [-0.39, 0.29) is 34.6 Å². The first kappa shape index (κ1) is 27.1. The van der Waals surface area contributed by atoms with Crippen LogP contribution < -0.4 is 4.74 Å². The molecule has 0 radical (unpaired) electrons. The molecular formula is C26H25Cl2F3N2O4. The Labute approximate surface area is 221 Å². The van der Waals surface area contributed by atoms with Crippen LogP contribution in [0.5, 0.6) is 5.75 Å². The van der Waals surface area contributed by atoms with Crippen molar-refractivity contribution >= 4 is 46.0 Å². The summed E-state index contributed by atoms with van der Waals surface area (Å²) in [4.78, 5) is 26.3. The Kier molecular flexibility index (Phi) is 7.41. The summed E-state index contributed by atoms with van der Waals surface area (Å²) in [6.07, 6.45) is -4.21. The van der Waals surface area contributed by atoms with Gasteiger partial charge in [-0.2, -0.15) is 0 Å². The molecule has 0 aliphatic carbocycles. The number of carbonyl (C=O) groups is 2. The van der Waals surface area contributed by atoms with E-state index in [0.29, 0.717) is 41.2 Å². The highest BCUT2D eigenvalue weighted by Gasteiger charge is 2.34. The summed E-state index contributed by atoms with van der Waals surface area (Å²) in [7, 11) is 1.72. The van der Waals surface area contributed by atoms with Gasteiger partial charge in [-0.1, -0.05) is 30.1 Å². The second-order valence-electron chi connectivity index (χ2n) is 9.44. The SMILES string of the molecule is Cc1cc(OC(F)(F)F)cc2c1cc(Cc1c(Cl)ccc(C(=O)N3CCC(C(=O)O)[C@H](C)C3)c1Cl)n2C. The molecule has 3 aromatic rings. The minimum absolute atomic E-state index is 0.189. The van der Waals surface area contributed by atoms with Crippen LogP contribution in [0.2, 0.25) is 10.0 Å². The number of hydrogen-bond donors (Lipinski definition) is 1. The fourth-order valence-electron chi connectivity index (χ4n) is 4.97. The number of alkyl halides is 3. The van der Waals surface area contributed by atoms with E-state index in [1.807, 2.05) is 6.07 Å². The molecule has 2 atom stereocenters. The van der Waals surface area contributed by atoms with Crippen molar-refractivity contribution in [2.24, 2.45) is 18.9 Å². The Morgan fingerprint density at radius 2 is 1.89 bits per heavy atom. The highest BCUT2D eigenvalue weighted by atomic mass is 35.5. The Morgan fingerprint density at radius 1 is 1.19 bits per heavy atom. The molecule has 1 amide bonds. The number of likely N-dealkylation sites (tertiary alicyclic amines) is 1. The molecular weight excluding hydrogens is 532 g/mol. The first-order valence-electron chi connectivity index (χ1n) is 11.6. The summed E-state index contributed by atoms with van der Waals surface area (Å²) in [5.74, 6) is -2.19. The van der Waals surface area contributed by atoms with E-state index in [0.717, 1.165) is 11.1 Å². The molecule has 1 saturated heterocycles. The van der Waals surface area contributed by atoms with Crippen molar-refractivity contribution in [1.29, 1.82) is 0 Å². The number of rotatable bonds is 5. The van der Waals surface area contributed by atoms with Gasteiger partial charge >= 0.3 is 12.3 Å². The average molecular weight is 557 g/mol. The second-order valence-corrected chi connectivity index (χ2v) is 10.2. The van der Waals surface area contributed by atoms with Gasteiger partial charge in [0.25, 0.3) is 5.91 Å². The molecule has 1 N–H and O–H groups in total. The number of aromatic nitrogens is 1. The quantitative estimate of drug-likeness (QED) is 0.391. The largest absolute Gasteiger partial charge is 0.573 e. The zero-order chi connectivity index (χ0) is 27.2. The van der Waals surface area contributed by atoms with Crippen molar-refractivity contribution in [3.05, 3.63) is 62.8 Å². The minimum atomic E-state index is -4.80.